The van der Waals surface area contributed by atoms with E-state index in [2.05, 4.69) is 9.97 Å². The molecular weight excluding hydrogens is 220 g/mol. The van der Waals surface area contributed by atoms with Crippen molar-refractivity contribution < 1.29 is 9.84 Å². The van der Waals surface area contributed by atoms with Gasteiger partial charge in [-0.3, -0.25) is 4.79 Å². The fourth-order valence-corrected chi connectivity index (χ4v) is 2.23. The Hall–Kier alpha value is -1.20. The first kappa shape index (κ1) is 12.3. The lowest BCUT2D eigenvalue weighted by Gasteiger charge is -2.22. The van der Waals surface area contributed by atoms with E-state index in [9.17, 15) is 4.79 Å². The zero-order chi connectivity index (χ0) is 12.5. The number of nitrogens with zero attached hydrogens (tertiary/aromatic N) is 1. The smallest absolute Gasteiger partial charge is 0.254 e. The van der Waals surface area contributed by atoms with Crippen molar-refractivity contribution in [3.8, 4) is 0 Å². The minimum Gasteiger partial charge on any atom is -0.396 e. The van der Waals surface area contributed by atoms with Gasteiger partial charge in [0.2, 0.25) is 0 Å². The zero-order valence-electron chi connectivity index (χ0n) is 10.2. The number of aromatic amines is 1. The number of aryl methyl sites for hydroxylation is 1. The van der Waals surface area contributed by atoms with Crippen LogP contribution in [-0.4, -0.2) is 28.3 Å². The van der Waals surface area contributed by atoms with E-state index in [1.54, 1.807) is 6.92 Å². The summed E-state index contributed by atoms with van der Waals surface area (Å²) in [4.78, 5) is 19.1. The Morgan fingerprint density at radius 1 is 1.59 bits per heavy atom. The molecule has 2 rings (SSSR count). The Balaban J connectivity index is 2.41. The molecule has 1 aromatic rings. The molecule has 2 heterocycles. The second-order valence-electron chi connectivity index (χ2n) is 4.63. The molecule has 5 nitrogen and oxygen atoms in total. The highest BCUT2D eigenvalue weighted by Gasteiger charge is 2.34. The zero-order valence-corrected chi connectivity index (χ0v) is 10.2. The van der Waals surface area contributed by atoms with Crippen LogP contribution in [0.1, 0.15) is 36.8 Å². The van der Waals surface area contributed by atoms with E-state index in [1.165, 1.54) is 0 Å². The molecule has 2 N–H and O–H groups in total. The normalized spacial score (nSPS) is 24.2. The average molecular weight is 238 g/mol. The highest BCUT2D eigenvalue weighted by molar-refractivity contribution is 5.19. The minimum absolute atomic E-state index is 0.0429. The molecule has 1 aliphatic heterocycles. The number of hydrogen-bond donors (Lipinski definition) is 2. The molecule has 5 heteroatoms. The number of aliphatic hydroxyl groups is 1. The number of H-pyrrole nitrogens is 1. The van der Waals surface area contributed by atoms with Crippen LogP contribution in [-0.2, 0) is 16.8 Å². The van der Waals surface area contributed by atoms with Crippen LogP contribution < -0.4 is 5.56 Å². The van der Waals surface area contributed by atoms with Gasteiger partial charge in [0.05, 0.1) is 0 Å². The first-order valence-corrected chi connectivity index (χ1v) is 5.92. The Kier molecular flexibility index (Phi) is 3.31. The van der Waals surface area contributed by atoms with E-state index >= 15 is 0 Å². The van der Waals surface area contributed by atoms with Crippen LogP contribution in [0, 0.1) is 6.92 Å². The maximum atomic E-state index is 11.9. The maximum absolute atomic E-state index is 11.9. The van der Waals surface area contributed by atoms with Crippen molar-refractivity contribution >= 4 is 0 Å². The monoisotopic (exact) mass is 238 g/mol. The summed E-state index contributed by atoms with van der Waals surface area (Å²) in [6, 6.07) is 0. The Morgan fingerprint density at radius 2 is 2.35 bits per heavy atom. The lowest BCUT2D eigenvalue weighted by Crippen LogP contribution is -2.29. The molecule has 1 unspecified atom stereocenters. The third-order valence-corrected chi connectivity index (χ3v) is 3.30. The molecule has 0 aromatic carbocycles. The van der Waals surface area contributed by atoms with Crippen LogP contribution in [0.4, 0.5) is 0 Å². The van der Waals surface area contributed by atoms with E-state index in [0.29, 0.717) is 30.1 Å². The van der Waals surface area contributed by atoms with E-state index in [0.717, 1.165) is 12.8 Å². The van der Waals surface area contributed by atoms with Crippen LogP contribution in [0.2, 0.25) is 0 Å². The molecule has 94 valence electrons. The molecular formula is C12H18N2O3. The van der Waals surface area contributed by atoms with Crippen molar-refractivity contribution in [2.75, 3.05) is 13.2 Å². The standard InChI is InChI=1S/C12H18N2O3/c1-8-9(4-6-15)10(16)14-11(13-8)12(2)5-3-7-17-12/h15H,3-7H2,1-2H3,(H,13,14,16). The lowest BCUT2D eigenvalue weighted by atomic mass is 10.0. The fourth-order valence-electron chi connectivity index (χ4n) is 2.23. The SMILES string of the molecule is Cc1nc(C2(C)CCCO2)[nH]c(=O)c1CCO. The predicted octanol–water partition coefficient (Wildman–Crippen LogP) is 0.639. The molecule has 0 spiro atoms. The van der Waals surface area contributed by atoms with E-state index in [1.807, 2.05) is 6.92 Å². The van der Waals surface area contributed by atoms with Gasteiger partial charge in [-0.05, 0) is 26.7 Å². The van der Waals surface area contributed by atoms with Crippen LogP contribution in [0.25, 0.3) is 0 Å². The largest absolute Gasteiger partial charge is 0.396 e. The lowest BCUT2D eigenvalue weighted by molar-refractivity contribution is 0.00894. The molecule has 0 saturated carbocycles. The number of ether oxygens (including phenoxy) is 1. The summed E-state index contributed by atoms with van der Waals surface area (Å²) in [6.07, 6.45) is 2.19. The van der Waals surface area contributed by atoms with Crippen molar-refractivity contribution in [2.24, 2.45) is 0 Å². The van der Waals surface area contributed by atoms with Gasteiger partial charge in [0.15, 0.2) is 0 Å². The van der Waals surface area contributed by atoms with E-state index in [-0.39, 0.29) is 12.2 Å². The summed E-state index contributed by atoms with van der Waals surface area (Å²) in [7, 11) is 0. The van der Waals surface area contributed by atoms with E-state index < -0.39 is 5.60 Å². The van der Waals surface area contributed by atoms with Crippen LogP contribution in [0.15, 0.2) is 4.79 Å². The van der Waals surface area contributed by atoms with Crippen LogP contribution in [0.5, 0.6) is 0 Å². The highest BCUT2D eigenvalue weighted by atomic mass is 16.5. The average Bonchev–Trinajstić information content (AvgIpc) is 2.72. The van der Waals surface area contributed by atoms with Gasteiger partial charge in [-0.25, -0.2) is 4.98 Å². The maximum Gasteiger partial charge on any atom is 0.254 e. The number of hydrogen-bond acceptors (Lipinski definition) is 4. The van der Waals surface area contributed by atoms with Gasteiger partial charge in [-0.2, -0.15) is 0 Å². The van der Waals surface area contributed by atoms with Gasteiger partial charge >= 0.3 is 0 Å². The van der Waals surface area contributed by atoms with Gasteiger partial charge in [0.25, 0.3) is 5.56 Å². The molecule has 1 aromatic heterocycles. The third kappa shape index (κ3) is 2.25. The Bertz CT molecular complexity index is 461. The van der Waals surface area contributed by atoms with Crippen molar-refractivity contribution in [1.82, 2.24) is 9.97 Å². The summed E-state index contributed by atoms with van der Waals surface area (Å²) in [5.41, 5.74) is 0.590. The Morgan fingerprint density at radius 3 is 2.88 bits per heavy atom. The molecule has 1 fully saturated rings. The first-order valence-electron chi connectivity index (χ1n) is 5.92. The van der Waals surface area contributed by atoms with Crippen LogP contribution >= 0.6 is 0 Å². The summed E-state index contributed by atoms with van der Waals surface area (Å²) >= 11 is 0. The molecule has 0 radical (unpaired) electrons. The minimum atomic E-state index is -0.471. The van der Waals surface area contributed by atoms with Crippen molar-refractivity contribution in [3.63, 3.8) is 0 Å². The Labute approximate surface area is 99.9 Å². The van der Waals surface area contributed by atoms with Gasteiger partial charge < -0.3 is 14.8 Å². The molecule has 0 aliphatic carbocycles. The van der Waals surface area contributed by atoms with Crippen molar-refractivity contribution in [3.05, 3.63) is 27.4 Å². The second-order valence-corrected chi connectivity index (χ2v) is 4.63. The number of rotatable bonds is 3. The van der Waals surface area contributed by atoms with Gasteiger partial charge in [-0.15, -0.1) is 0 Å². The molecule has 17 heavy (non-hydrogen) atoms. The molecule has 1 aliphatic rings. The van der Waals surface area contributed by atoms with Crippen molar-refractivity contribution in [1.29, 1.82) is 0 Å². The molecule has 0 amide bonds. The summed E-state index contributed by atoms with van der Waals surface area (Å²) in [5, 5.41) is 8.89. The molecule has 1 atom stereocenters. The summed E-state index contributed by atoms with van der Waals surface area (Å²) in [6.45, 7) is 4.40. The van der Waals surface area contributed by atoms with Crippen molar-refractivity contribution in [2.45, 2.75) is 38.7 Å². The number of nitrogens with one attached hydrogen (secondary N) is 1. The number of aromatic nitrogens is 2. The third-order valence-electron chi connectivity index (χ3n) is 3.30. The quantitative estimate of drug-likeness (QED) is 0.810. The van der Waals surface area contributed by atoms with Gasteiger partial charge in [-0.1, -0.05) is 0 Å². The predicted molar refractivity (Wildman–Crippen MR) is 62.9 cm³/mol. The first-order chi connectivity index (χ1) is 8.07. The molecule has 1 saturated heterocycles. The summed E-state index contributed by atoms with van der Waals surface area (Å²) in [5.74, 6) is 0.596. The highest BCUT2D eigenvalue weighted by Crippen LogP contribution is 2.32. The molecule has 0 bridgehead atoms. The second kappa shape index (κ2) is 4.58. The van der Waals surface area contributed by atoms with Crippen LogP contribution in [0.3, 0.4) is 0 Å². The fraction of sp³-hybridized carbons (Fsp3) is 0.667. The number of aliphatic hydroxyl groups excluding tert-OH is 1. The van der Waals surface area contributed by atoms with Gasteiger partial charge in [0, 0.05) is 30.9 Å². The summed E-state index contributed by atoms with van der Waals surface area (Å²) < 4.78 is 5.65. The van der Waals surface area contributed by atoms with Gasteiger partial charge in [0.1, 0.15) is 11.4 Å². The van der Waals surface area contributed by atoms with E-state index in [4.69, 9.17) is 9.84 Å². The topological polar surface area (TPSA) is 75.2 Å².